The molecule has 0 saturated carbocycles. The zero-order chi connectivity index (χ0) is 9.80. The number of rotatable bonds is 2. The summed E-state index contributed by atoms with van der Waals surface area (Å²) in [6.45, 7) is 0. The third kappa shape index (κ3) is 1.95. The van der Waals surface area contributed by atoms with Crippen molar-refractivity contribution in [2.45, 2.75) is 4.94 Å². The first kappa shape index (κ1) is 9.65. The fraction of sp³-hybridized carbons (Fsp3) is 0.0909. The fourth-order valence-electron chi connectivity index (χ4n) is 1.31. The quantitative estimate of drug-likeness (QED) is 0.783. The Kier molecular flexibility index (Phi) is 3.13. The van der Waals surface area contributed by atoms with E-state index >= 15 is 0 Å². The van der Waals surface area contributed by atoms with Crippen LogP contribution in [0.1, 0.15) is 0 Å². The molecule has 3 heteroatoms. The summed E-state index contributed by atoms with van der Waals surface area (Å²) < 4.78 is 1.41. The molecule has 14 heavy (non-hydrogen) atoms. The molecule has 2 nitrogen and oxygen atoms in total. The van der Waals surface area contributed by atoms with Crippen molar-refractivity contribution < 1.29 is 0 Å². The number of pyridine rings is 2. The Labute approximate surface area is 93.6 Å². The van der Waals surface area contributed by atoms with E-state index in [2.05, 4.69) is 21.0 Å². The van der Waals surface area contributed by atoms with Gasteiger partial charge in [-0.2, -0.15) is 0 Å². The Morgan fingerprint density at radius 3 is 2.57 bits per heavy atom. The van der Waals surface area contributed by atoms with Gasteiger partial charge in [0, 0.05) is 0 Å². The topological polar surface area (TPSA) is 25.8 Å². The van der Waals surface area contributed by atoms with E-state index in [1.807, 2.05) is 36.7 Å². The van der Waals surface area contributed by atoms with Crippen LogP contribution in [0, 0.1) is 0 Å². The van der Waals surface area contributed by atoms with Gasteiger partial charge in [-0.1, -0.05) is 0 Å². The molecular formula is C11H10N2Sn. The molecule has 0 saturated heterocycles. The molecule has 0 aliphatic carbocycles. The summed E-state index contributed by atoms with van der Waals surface area (Å²) >= 11 is -0.446. The van der Waals surface area contributed by atoms with E-state index in [0.717, 1.165) is 11.4 Å². The predicted octanol–water partition coefficient (Wildman–Crippen LogP) is 1.52. The molecule has 68 valence electrons. The molecule has 2 aromatic heterocycles. The SMILES string of the molecule is [CH3][Sn][c]1cccnc1-c1ccccn1. The van der Waals surface area contributed by atoms with Gasteiger partial charge in [0.1, 0.15) is 0 Å². The Morgan fingerprint density at radius 1 is 1.00 bits per heavy atom. The predicted molar refractivity (Wildman–Crippen MR) is 58.7 cm³/mol. The summed E-state index contributed by atoms with van der Waals surface area (Å²) in [7, 11) is 0. The second-order valence-corrected chi connectivity index (χ2v) is 5.83. The van der Waals surface area contributed by atoms with Crippen molar-refractivity contribution >= 4 is 24.7 Å². The van der Waals surface area contributed by atoms with Crippen LogP contribution < -0.4 is 3.58 Å². The molecule has 0 amide bonds. The van der Waals surface area contributed by atoms with Gasteiger partial charge in [-0.05, 0) is 0 Å². The van der Waals surface area contributed by atoms with Gasteiger partial charge in [0.2, 0.25) is 0 Å². The monoisotopic (exact) mass is 290 g/mol. The number of hydrogen-bond acceptors (Lipinski definition) is 2. The van der Waals surface area contributed by atoms with Crippen LogP contribution in [0.3, 0.4) is 0 Å². The Balaban J connectivity index is 2.51. The van der Waals surface area contributed by atoms with Crippen LogP contribution >= 0.6 is 0 Å². The Morgan fingerprint density at radius 2 is 1.86 bits per heavy atom. The standard InChI is InChI=1S/C10H7N2.CH3.Sn/c1-3-7-11-9(5-1)10-6-2-4-8-12-10;;/h1-5,7-8H;1H3;. The summed E-state index contributed by atoms with van der Waals surface area (Å²) in [6, 6.07) is 10.1. The molecule has 2 rings (SSSR count). The average molecular weight is 289 g/mol. The molecule has 0 fully saturated rings. The van der Waals surface area contributed by atoms with Crippen molar-refractivity contribution in [3.8, 4) is 11.4 Å². The molecule has 0 spiro atoms. The van der Waals surface area contributed by atoms with Crippen molar-refractivity contribution in [1.82, 2.24) is 9.97 Å². The summed E-state index contributed by atoms with van der Waals surface area (Å²) in [5.41, 5.74) is 2.06. The van der Waals surface area contributed by atoms with Gasteiger partial charge in [-0.3, -0.25) is 0 Å². The van der Waals surface area contributed by atoms with Crippen molar-refractivity contribution in [1.29, 1.82) is 0 Å². The van der Waals surface area contributed by atoms with E-state index < -0.39 is 21.1 Å². The van der Waals surface area contributed by atoms with E-state index in [-0.39, 0.29) is 0 Å². The molecule has 0 unspecified atom stereocenters. The second-order valence-electron chi connectivity index (χ2n) is 2.86. The zero-order valence-electron chi connectivity index (χ0n) is 7.94. The van der Waals surface area contributed by atoms with Crippen LogP contribution in [-0.2, 0) is 0 Å². The minimum absolute atomic E-state index is 0.446. The molecule has 0 aliphatic heterocycles. The van der Waals surface area contributed by atoms with E-state index in [9.17, 15) is 0 Å². The third-order valence-corrected chi connectivity index (χ3v) is 4.67. The van der Waals surface area contributed by atoms with Gasteiger partial charge < -0.3 is 0 Å². The van der Waals surface area contributed by atoms with E-state index in [1.54, 1.807) is 0 Å². The molecule has 0 bridgehead atoms. The molecule has 0 aromatic carbocycles. The van der Waals surface area contributed by atoms with Gasteiger partial charge in [0.15, 0.2) is 0 Å². The van der Waals surface area contributed by atoms with Crippen molar-refractivity contribution in [3.05, 3.63) is 42.7 Å². The normalized spacial score (nSPS) is 10.1. The van der Waals surface area contributed by atoms with E-state index in [0.29, 0.717) is 0 Å². The van der Waals surface area contributed by atoms with Crippen LogP contribution in [0.25, 0.3) is 11.4 Å². The number of aromatic nitrogens is 2. The maximum atomic E-state index is 4.40. The average Bonchev–Trinajstić information content (AvgIpc) is 2.30. The second kappa shape index (κ2) is 4.55. The maximum absolute atomic E-state index is 4.40. The molecule has 0 N–H and O–H groups in total. The van der Waals surface area contributed by atoms with Gasteiger partial charge in [-0.15, -0.1) is 0 Å². The number of hydrogen-bond donors (Lipinski definition) is 0. The molecular weight excluding hydrogens is 279 g/mol. The molecule has 2 radical (unpaired) electrons. The summed E-state index contributed by atoms with van der Waals surface area (Å²) in [4.78, 5) is 11.0. The Hall–Kier alpha value is -0.901. The molecule has 0 aliphatic rings. The summed E-state index contributed by atoms with van der Waals surface area (Å²) in [5, 5.41) is 0. The molecule has 0 atom stereocenters. The Bertz CT molecular complexity index is 415. The first-order valence-corrected chi connectivity index (χ1v) is 8.74. The first-order valence-electron chi connectivity index (χ1n) is 4.46. The van der Waals surface area contributed by atoms with Crippen LogP contribution in [0.15, 0.2) is 42.7 Å². The van der Waals surface area contributed by atoms with Gasteiger partial charge in [-0.25, -0.2) is 0 Å². The summed E-state index contributed by atoms with van der Waals surface area (Å²) in [6.07, 6.45) is 3.65. The van der Waals surface area contributed by atoms with E-state index in [4.69, 9.17) is 0 Å². The number of nitrogens with zero attached hydrogens (tertiary/aromatic N) is 2. The molecule has 2 aromatic rings. The fourth-order valence-corrected chi connectivity index (χ4v) is 3.29. The van der Waals surface area contributed by atoms with Crippen molar-refractivity contribution in [3.63, 3.8) is 0 Å². The van der Waals surface area contributed by atoms with Gasteiger partial charge in [0.05, 0.1) is 0 Å². The van der Waals surface area contributed by atoms with Crippen molar-refractivity contribution in [2.75, 3.05) is 0 Å². The molecule has 2 heterocycles. The summed E-state index contributed by atoms with van der Waals surface area (Å²) in [5.74, 6) is 0. The van der Waals surface area contributed by atoms with Gasteiger partial charge >= 0.3 is 93.7 Å². The van der Waals surface area contributed by atoms with Crippen LogP contribution in [0.5, 0.6) is 0 Å². The minimum atomic E-state index is -0.446. The third-order valence-electron chi connectivity index (χ3n) is 1.98. The first-order chi connectivity index (χ1) is 6.92. The van der Waals surface area contributed by atoms with Crippen LogP contribution in [0.4, 0.5) is 0 Å². The van der Waals surface area contributed by atoms with Crippen LogP contribution in [0.2, 0.25) is 4.94 Å². The van der Waals surface area contributed by atoms with Crippen LogP contribution in [-0.4, -0.2) is 31.1 Å². The van der Waals surface area contributed by atoms with Crippen molar-refractivity contribution in [2.24, 2.45) is 0 Å². The zero-order valence-corrected chi connectivity index (χ0v) is 10.8. The van der Waals surface area contributed by atoms with E-state index in [1.165, 1.54) is 3.58 Å². The van der Waals surface area contributed by atoms with Gasteiger partial charge in [0.25, 0.3) is 0 Å².